The van der Waals surface area contributed by atoms with Crippen molar-refractivity contribution in [1.29, 1.82) is 0 Å². The van der Waals surface area contributed by atoms with E-state index in [1.54, 1.807) is 6.21 Å². The summed E-state index contributed by atoms with van der Waals surface area (Å²) >= 11 is 0. The van der Waals surface area contributed by atoms with Crippen LogP contribution in [0.5, 0.6) is 0 Å². The Labute approximate surface area is 50.8 Å². The first-order valence-corrected chi connectivity index (χ1v) is 2.99. The van der Waals surface area contributed by atoms with Gasteiger partial charge in [-0.05, 0) is 18.8 Å². The molecule has 0 aliphatic heterocycles. The molecule has 0 bridgehead atoms. The van der Waals surface area contributed by atoms with E-state index < -0.39 is 0 Å². The van der Waals surface area contributed by atoms with Crippen molar-refractivity contribution >= 4 is 6.21 Å². The summed E-state index contributed by atoms with van der Waals surface area (Å²) in [5.74, 6) is 5.64. The van der Waals surface area contributed by atoms with E-state index >= 15 is 0 Å². The highest BCUT2D eigenvalue weighted by atomic mass is 15.1. The molecular formula is C6H14N2. The summed E-state index contributed by atoms with van der Waals surface area (Å²) < 4.78 is 0. The number of nitrogens with two attached hydrogens (primary N) is 1. The predicted octanol–water partition coefficient (Wildman–Crippen LogP) is 1.37. The average Bonchev–Trinajstić information content (AvgIpc) is 1.66. The Hall–Kier alpha value is -0.530. The van der Waals surface area contributed by atoms with Crippen LogP contribution in [-0.2, 0) is 0 Å². The van der Waals surface area contributed by atoms with E-state index in [-0.39, 0.29) is 0 Å². The Morgan fingerprint density at radius 2 is 2.25 bits per heavy atom. The fourth-order valence-electron chi connectivity index (χ4n) is 0.482. The van der Waals surface area contributed by atoms with Crippen LogP contribution < -0.4 is 5.84 Å². The van der Waals surface area contributed by atoms with Crippen molar-refractivity contribution in [2.45, 2.75) is 26.7 Å². The molecule has 0 aromatic carbocycles. The smallest absolute Gasteiger partial charge is 0.0240 e. The number of hydrazone groups is 1. The van der Waals surface area contributed by atoms with E-state index in [1.165, 1.54) is 6.42 Å². The molecule has 0 aliphatic rings. The van der Waals surface area contributed by atoms with Gasteiger partial charge in [-0.25, -0.2) is 0 Å². The van der Waals surface area contributed by atoms with E-state index in [0.717, 1.165) is 12.3 Å². The molecule has 0 radical (unpaired) electrons. The van der Waals surface area contributed by atoms with Crippen LogP contribution in [-0.4, -0.2) is 6.21 Å². The van der Waals surface area contributed by atoms with Crippen LogP contribution in [0, 0.1) is 5.92 Å². The predicted molar refractivity (Wildman–Crippen MR) is 36.8 cm³/mol. The van der Waals surface area contributed by atoms with Crippen LogP contribution in [0.3, 0.4) is 0 Å². The van der Waals surface area contributed by atoms with Gasteiger partial charge in [0.25, 0.3) is 0 Å². The molecule has 0 fully saturated rings. The van der Waals surface area contributed by atoms with Crippen molar-refractivity contribution in [3.05, 3.63) is 0 Å². The molecule has 48 valence electrons. The van der Waals surface area contributed by atoms with Crippen molar-refractivity contribution in [2.75, 3.05) is 0 Å². The average molecular weight is 114 g/mol. The zero-order valence-corrected chi connectivity index (χ0v) is 5.59. The molecule has 0 saturated carbocycles. The molecule has 2 N–H and O–H groups in total. The molecule has 2 nitrogen and oxygen atoms in total. The van der Waals surface area contributed by atoms with Gasteiger partial charge in [0, 0.05) is 6.21 Å². The summed E-state index contributed by atoms with van der Waals surface area (Å²) in [6.07, 6.45) is 3.94. The largest absolute Gasteiger partial charge is 0.324 e. The zero-order chi connectivity index (χ0) is 6.41. The molecule has 0 unspecified atom stereocenters. The molecule has 0 saturated heterocycles. The lowest BCUT2D eigenvalue weighted by Crippen LogP contribution is -1.88. The van der Waals surface area contributed by atoms with Gasteiger partial charge in [-0.1, -0.05) is 13.8 Å². The molecule has 0 amide bonds. The van der Waals surface area contributed by atoms with Crippen LogP contribution >= 0.6 is 0 Å². The van der Waals surface area contributed by atoms with Gasteiger partial charge in [0.2, 0.25) is 0 Å². The fourth-order valence-corrected chi connectivity index (χ4v) is 0.482. The van der Waals surface area contributed by atoms with Crippen LogP contribution in [0.1, 0.15) is 26.7 Å². The third-order valence-corrected chi connectivity index (χ3v) is 0.979. The first kappa shape index (κ1) is 7.47. The fraction of sp³-hybridized carbons (Fsp3) is 0.833. The van der Waals surface area contributed by atoms with Crippen molar-refractivity contribution < 1.29 is 0 Å². The van der Waals surface area contributed by atoms with Crippen LogP contribution in [0.25, 0.3) is 0 Å². The molecule has 0 aliphatic carbocycles. The van der Waals surface area contributed by atoms with E-state index in [0.29, 0.717) is 0 Å². The van der Waals surface area contributed by atoms with E-state index in [2.05, 4.69) is 18.9 Å². The monoisotopic (exact) mass is 114 g/mol. The highest BCUT2D eigenvalue weighted by Crippen LogP contribution is 2.00. The summed E-state index contributed by atoms with van der Waals surface area (Å²) in [4.78, 5) is 0. The minimum Gasteiger partial charge on any atom is -0.324 e. The number of rotatable bonds is 3. The second-order valence-electron chi connectivity index (χ2n) is 2.30. The van der Waals surface area contributed by atoms with Gasteiger partial charge in [-0.3, -0.25) is 0 Å². The molecule has 0 aromatic heterocycles. The molecule has 0 atom stereocenters. The normalized spacial score (nSPS) is 11.4. The Morgan fingerprint density at radius 3 is 2.62 bits per heavy atom. The SMILES string of the molecule is CC(C)CC/C=N\N. The maximum atomic E-state index is 4.88. The van der Waals surface area contributed by atoms with Gasteiger partial charge in [-0.15, -0.1) is 0 Å². The second kappa shape index (κ2) is 4.62. The van der Waals surface area contributed by atoms with Gasteiger partial charge in [0.05, 0.1) is 0 Å². The lowest BCUT2D eigenvalue weighted by atomic mass is 10.1. The third-order valence-electron chi connectivity index (χ3n) is 0.979. The summed E-state index contributed by atoms with van der Waals surface area (Å²) in [6.45, 7) is 4.37. The van der Waals surface area contributed by atoms with E-state index in [1.807, 2.05) is 0 Å². The lowest BCUT2D eigenvalue weighted by molar-refractivity contribution is 0.606. The summed E-state index contributed by atoms with van der Waals surface area (Å²) in [5, 5.41) is 3.38. The zero-order valence-electron chi connectivity index (χ0n) is 5.59. The highest BCUT2D eigenvalue weighted by Gasteiger charge is 1.88. The van der Waals surface area contributed by atoms with Crippen molar-refractivity contribution in [3.63, 3.8) is 0 Å². The van der Waals surface area contributed by atoms with Crippen LogP contribution in [0.4, 0.5) is 0 Å². The summed E-state index contributed by atoms with van der Waals surface area (Å²) in [6, 6.07) is 0. The maximum absolute atomic E-state index is 4.88. The van der Waals surface area contributed by atoms with Gasteiger partial charge in [-0.2, -0.15) is 5.10 Å². The highest BCUT2D eigenvalue weighted by molar-refractivity contribution is 5.56. The number of hydrogen-bond acceptors (Lipinski definition) is 2. The topological polar surface area (TPSA) is 38.4 Å². The molecule has 0 aromatic rings. The number of hydrogen-bond donors (Lipinski definition) is 1. The number of nitrogens with zero attached hydrogens (tertiary/aromatic N) is 1. The van der Waals surface area contributed by atoms with Crippen LogP contribution in [0.2, 0.25) is 0 Å². The first-order chi connectivity index (χ1) is 3.77. The quantitative estimate of drug-likeness (QED) is 0.336. The Kier molecular flexibility index (Phi) is 4.32. The Morgan fingerprint density at radius 1 is 1.62 bits per heavy atom. The molecule has 0 rings (SSSR count). The minimum atomic E-state index is 0.757. The van der Waals surface area contributed by atoms with E-state index in [9.17, 15) is 0 Å². The molecule has 8 heavy (non-hydrogen) atoms. The standard InChI is InChI=1S/C6H14N2/c1-6(2)4-3-5-8-7/h5-6H,3-4,7H2,1-2H3/b8-5-. The van der Waals surface area contributed by atoms with Crippen molar-refractivity contribution in [3.8, 4) is 0 Å². The lowest BCUT2D eigenvalue weighted by Gasteiger charge is -1.96. The van der Waals surface area contributed by atoms with Gasteiger partial charge < -0.3 is 5.84 Å². The van der Waals surface area contributed by atoms with Gasteiger partial charge in [0.15, 0.2) is 0 Å². The van der Waals surface area contributed by atoms with Crippen molar-refractivity contribution in [2.24, 2.45) is 16.9 Å². The minimum absolute atomic E-state index is 0.757. The molecule has 2 heteroatoms. The van der Waals surface area contributed by atoms with E-state index in [4.69, 9.17) is 5.84 Å². The molecular weight excluding hydrogens is 100 g/mol. The Balaban J connectivity index is 2.93. The first-order valence-electron chi connectivity index (χ1n) is 2.99. The van der Waals surface area contributed by atoms with Crippen LogP contribution in [0.15, 0.2) is 5.10 Å². The second-order valence-corrected chi connectivity index (χ2v) is 2.30. The third kappa shape index (κ3) is 5.47. The Bertz CT molecular complexity index is 66.9. The summed E-state index contributed by atoms with van der Waals surface area (Å²) in [7, 11) is 0. The summed E-state index contributed by atoms with van der Waals surface area (Å²) in [5.41, 5.74) is 0. The van der Waals surface area contributed by atoms with Gasteiger partial charge >= 0.3 is 0 Å². The molecule has 0 heterocycles. The van der Waals surface area contributed by atoms with Gasteiger partial charge in [0.1, 0.15) is 0 Å². The molecule has 0 spiro atoms. The van der Waals surface area contributed by atoms with Crippen molar-refractivity contribution in [1.82, 2.24) is 0 Å². The maximum Gasteiger partial charge on any atom is 0.0240 e.